The Bertz CT molecular complexity index is 465. The van der Waals surface area contributed by atoms with E-state index in [1.165, 1.54) is 4.88 Å². The molecule has 2 aromatic rings. The predicted octanol–water partition coefficient (Wildman–Crippen LogP) is 2.49. The van der Waals surface area contributed by atoms with Gasteiger partial charge in [-0.3, -0.25) is 4.68 Å². The molecule has 16 heavy (non-hydrogen) atoms. The standard InChI is InChI=1S/C10H13BrN4S/c1-7(9-3-8(11)5-16-9)12-4-10-13-6-15(2)14-10/h3,5-7,12H,4H2,1-2H3. The Kier molecular flexibility index (Phi) is 3.73. The van der Waals surface area contributed by atoms with Gasteiger partial charge in [0.2, 0.25) is 0 Å². The second kappa shape index (κ2) is 5.07. The van der Waals surface area contributed by atoms with E-state index in [0.717, 1.165) is 10.3 Å². The molecule has 0 amide bonds. The van der Waals surface area contributed by atoms with E-state index < -0.39 is 0 Å². The van der Waals surface area contributed by atoms with Crippen LogP contribution >= 0.6 is 27.3 Å². The fourth-order valence-corrected chi connectivity index (χ4v) is 2.84. The number of aromatic nitrogens is 3. The first-order valence-electron chi connectivity index (χ1n) is 4.97. The largest absolute Gasteiger partial charge is 0.302 e. The Labute approximate surface area is 107 Å². The van der Waals surface area contributed by atoms with Crippen molar-refractivity contribution in [2.75, 3.05) is 0 Å². The van der Waals surface area contributed by atoms with Crippen LogP contribution in [0.3, 0.4) is 0 Å². The van der Waals surface area contributed by atoms with E-state index in [4.69, 9.17) is 0 Å². The summed E-state index contributed by atoms with van der Waals surface area (Å²) in [5.41, 5.74) is 0. The lowest BCUT2D eigenvalue weighted by atomic mass is 10.3. The highest BCUT2D eigenvalue weighted by Crippen LogP contribution is 2.25. The van der Waals surface area contributed by atoms with Crippen LogP contribution in [0.4, 0.5) is 0 Å². The zero-order valence-corrected chi connectivity index (χ0v) is 11.5. The molecule has 0 aromatic carbocycles. The second-order valence-electron chi connectivity index (χ2n) is 3.60. The average molecular weight is 301 g/mol. The Balaban J connectivity index is 1.91. The molecule has 0 saturated carbocycles. The Hall–Kier alpha value is -0.720. The maximum Gasteiger partial charge on any atom is 0.164 e. The summed E-state index contributed by atoms with van der Waals surface area (Å²) in [6, 6.07) is 2.45. The first-order chi connectivity index (χ1) is 7.65. The van der Waals surface area contributed by atoms with Crippen molar-refractivity contribution in [1.82, 2.24) is 20.1 Å². The van der Waals surface area contributed by atoms with Crippen molar-refractivity contribution < 1.29 is 0 Å². The third-order valence-electron chi connectivity index (χ3n) is 2.23. The first kappa shape index (κ1) is 11.8. The smallest absolute Gasteiger partial charge is 0.164 e. The van der Waals surface area contributed by atoms with Gasteiger partial charge in [0, 0.05) is 27.8 Å². The van der Waals surface area contributed by atoms with Gasteiger partial charge in [-0.25, -0.2) is 4.98 Å². The highest BCUT2D eigenvalue weighted by molar-refractivity contribution is 9.10. The summed E-state index contributed by atoms with van der Waals surface area (Å²) in [5, 5.41) is 9.70. The molecule has 0 aliphatic rings. The van der Waals surface area contributed by atoms with Crippen molar-refractivity contribution in [1.29, 1.82) is 0 Å². The van der Waals surface area contributed by atoms with Crippen LogP contribution in [-0.4, -0.2) is 14.8 Å². The fraction of sp³-hybridized carbons (Fsp3) is 0.400. The number of nitrogens with zero attached hydrogens (tertiary/aromatic N) is 3. The molecule has 2 heterocycles. The molecule has 1 N–H and O–H groups in total. The summed E-state index contributed by atoms with van der Waals surface area (Å²) < 4.78 is 2.85. The minimum Gasteiger partial charge on any atom is -0.302 e. The van der Waals surface area contributed by atoms with E-state index in [9.17, 15) is 0 Å². The third kappa shape index (κ3) is 2.90. The molecule has 0 radical (unpaired) electrons. The van der Waals surface area contributed by atoms with E-state index >= 15 is 0 Å². The Morgan fingerprint density at radius 2 is 2.44 bits per heavy atom. The van der Waals surface area contributed by atoms with E-state index in [2.05, 4.69) is 49.7 Å². The Morgan fingerprint density at radius 1 is 1.62 bits per heavy atom. The Morgan fingerprint density at radius 3 is 3.00 bits per heavy atom. The molecule has 2 rings (SSSR count). The predicted molar refractivity (Wildman–Crippen MR) is 68.3 cm³/mol. The van der Waals surface area contributed by atoms with Crippen molar-refractivity contribution in [3.63, 3.8) is 0 Å². The molecule has 86 valence electrons. The molecule has 1 atom stereocenters. The summed E-state index contributed by atoms with van der Waals surface area (Å²) in [4.78, 5) is 5.48. The molecule has 0 saturated heterocycles. The molecule has 4 nitrogen and oxygen atoms in total. The van der Waals surface area contributed by atoms with Gasteiger partial charge in [-0.2, -0.15) is 5.10 Å². The minimum atomic E-state index is 0.320. The molecular formula is C10H13BrN4S. The number of halogens is 1. The first-order valence-corrected chi connectivity index (χ1v) is 6.64. The lowest BCUT2D eigenvalue weighted by molar-refractivity contribution is 0.563. The summed E-state index contributed by atoms with van der Waals surface area (Å²) in [6.07, 6.45) is 1.71. The maximum atomic E-state index is 4.22. The van der Waals surface area contributed by atoms with Crippen molar-refractivity contribution in [3.05, 3.63) is 32.9 Å². The quantitative estimate of drug-likeness (QED) is 0.943. The molecule has 0 aliphatic carbocycles. The average Bonchev–Trinajstić information content (AvgIpc) is 2.84. The van der Waals surface area contributed by atoms with Crippen LogP contribution in [0.15, 0.2) is 22.2 Å². The van der Waals surface area contributed by atoms with Gasteiger partial charge in [-0.1, -0.05) is 0 Å². The SMILES string of the molecule is CC(NCc1ncn(C)n1)c1cc(Br)cs1. The topological polar surface area (TPSA) is 42.7 Å². The van der Waals surface area contributed by atoms with Crippen LogP contribution in [-0.2, 0) is 13.6 Å². The van der Waals surface area contributed by atoms with Crippen LogP contribution in [0, 0.1) is 0 Å². The van der Waals surface area contributed by atoms with E-state index in [-0.39, 0.29) is 0 Å². The van der Waals surface area contributed by atoms with Crippen LogP contribution in [0.5, 0.6) is 0 Å². The van der Waals surface area contributed by atoms with Crippen molar-refractivity contribution in [3.8, 4) is 0 Å². The molecule has 0 bridgehead atoms. The van der Waals surface area contributed by atoms with Crippen LogP contribution in [0.25, 0.3) is 0 Å². The highest BCUT2D eigenvalue weighted by Gasteiger charge is 2.08. The number of aryl methyl sites for hydroxylation is 1. The second-order valence-corrected chi connectivity index (χ2v) is 5.46. The molecule has 6 heteroatoms. The van der Waals surface area contributed by atoms with Gasteiger partial charge in [0.15, 0.2) is 5.82 Å². The highest BCUT2D eigenvalue weighted by atomic mass is 79.9. The van der Waals surface area contributed by atoms with Crippen molar-refractivity contribution in [2.24, 2.45) is 7.05 Å². The van der Waals surface area contributed by atoms with Crippen LogP contribution < -0.4 is 5.32 Å². The molecule has 0 aliphatic heterocycles. The third-order valence-corrected chi connectivity index (χ3v) is 4.10. The summed E-state index contributed by atoms with van der Waals surface area (Å²) in [6.45, 7) is 2.83. The van der Waals surface area contributed by atoms with Gasteiger partial charge in [0.1, 0.15) is 6.33 Å². The van der Waals surface area contributed by atoms with Crippen molar-refractivity contribution >= 4 is 27.3 Å². The van der Waals surface area contributed by atoms with Gasteiger partial charge in [-0.15, -0.1) is 11.3 Å². The number of thiophene rings is 1. The van der Waals surface area contributed by atoms with E-state index in [1.807, 2.05) is 7.05 Å². The summed E-state index contributed by atoms with van der Waals surface area (Å²) in [7, 11) is 1.87. The molecule has 0 fully saturated rings. The number of rotatable bonds is 4. The van der Waals surface area contributed by atoms with E-state index in [0.29, 0.717) is 12.6 Å². The zero-order valence-electron chi connectivity index (χ0n) is 9.14. The monoisotopic (exact) mass is 300 g/mol. The summed E-state index contributed by atoms with van der Waals surface area (Å²) >= 11 is 5.20. The van der Waals surface area contributed by atoms with Crippen LogP contribution in [0.1, 0.15) is 23.7 Å². The number of hydrogen-bond acceptors (Lipinski definition) is 4. The maximum absolute atomic E-state index is 4.22. The minimum absolute atomic E-state index is 0.320. The van der Waals surface area contributed by atoms with E-state index in [1.54, 1.807) is 22.3 Å². The van der Waals surface area contributed by atoms with Gasteiger partial charge >= 0.3 is 0 Å². The van der Waals surface area contributed by atoms with Crippen molar-refractivity contribution in [2.45, 2.75) is 19.5 Å². The number of hydrogen-bond donors (Lipinski definition) is 1. The van der Waals surface area contributed by atoms with Gasteiger partial charge in [-0.05, 0) is 28.9 Å². The van der Waals surface area contributed by atoms with Crippen LogP contribution in [0.2, 0.25) is 0 Å². The number of nitrogens with one attached hydrogen (secondary N) is 1. The molecule has 1 unspecified atom stereocenters. The lowest BCUT2D eigenvalue weighted by Crippen LogP contribution is -2.18. The van der Waals surface area contributed by atoms with Gasteiger partial charge in [0.25, 0.3) is 0 Å². The molecule has 0 spiro atoms. The normalized spacial score (nSPS) is 12.9. The van der Waals surface area contributed by atoms with Gasteiger partial charge < -0.3 is 5.32 Å². The zero-order chi connectivity index (χ0) is 11.5. The summed E-state index contributed by atoms with van der Waals surface area (Å²) in [5.74, 6) is 0.824. The molecular weight excluding hydrogens is 288 g/mol. The van der Waals surface area contributed by atoms with Gasteiger partial charge in [0.05, 0.1) is 6.54 Å². The lowest BCUT2D eigenvalue weighted by Gasteiger charge is -2.09. The molecule has 2 aromatic heterocycles. The fourth-order valence-electron chi connectivity index (χ4n) is 1.37.